The lowest BCUT2D eigenvalue weighted by atomic mass is 9.86. The van der Waals surface area contributed by atoms with Crippen molar-refractivity contribution in [3.05, 3.63) is 148 Å². The van der Waals surface area contributed by atoms with Gasteiger partial charge in [-0.15, -0.1) is 0 Å². The van der Waals surface area contributed by atoms with Crippen molar-refractivity contribution in [2.24, 2.45) is 0 Å². The fourth-order valence-electron chi connectivity index (χ4n) is 7.45. The minimum absolute atomic E-state index is 0.0943. The molecule has 8 rings (SSSR count). The number of fused-ring (bicyclic) bond motifs is 5. The van der Waals surface area contributed by atoms with Gasteiger partial charge in [0.1, 0.15) is 6.61 Å². The number of pyridine rings is 2. The molecule has 4 aromatic carbocycles. The van der Waals surface area contributed by atoms with E-state index in [-0.39, 0.29) is 18.6 Å². The molecule has 0 amide bonds. The van der Waals surface area contributed by atoms with Gasteiger partial charge < -0.3 is 14.4 Å². The highest BCUT2D eigenvalue weighted by Gasteiger charge is 2.48. The van der Waals surface area contributed by atoms with E-state index in [1.807, 2.05) is 30.3 Å². The van der Waals surface area contributed by atoms with Crippen molar-refractivity contribution in [1.82, 2.24) is 9.55 Å². The van der Waals surface area contributed by atoms with Crippen LogP contribution in [-0.2, 0) is 28.3 Å². The largest absolute Gasteiger partial charge is 0.458 e. The maximum absolute atomic E-state index is 14.2. The van der Waals surface area contributed by atoms with Crippen molar-refractivity contribution in [1.29, 1.82) is 0 Å². The maximum Gasteiger partial charge on any atom is 0.343 e. The predicted octanol–water partition coefficient (Wildman–Crippen LogP) is 3.46. The molecule has 220 valence electrons. The summed E-state index contributed by atoms with van der Waals surface area (Å²) in [5, 5.41) is 17.4. The molecule has 45 heavy (non-hydrogen) atoms. The van der Waals surface area contributed by atoms with E-state index in [0.717, 1.165) is 16.5 Å². The Kier molecular flexibility index (Phi) is 6.23. The Balaban J connectivity index is 1.54. The maximum atomic E-state index is 14.2. The summed E-state index contributed by atoms with van der Waals surface area (Å²) in [5.41, 5.74) is 1.63. The standard InChI is InChI=1S/C38H30N2O4Si/c1-2-38(43)31-22-33-34-29(23-40(33)36(41)30(31)24-44-37(38)42)35(28-20-12-13-21-32(28)39-34)45(25-14-6-3-7-15-25,26-16-8-4-9-17-26)27-18-10-5-11-19-27/h3-22,43H,2,23-24H2,1H3/t38-/m1/s1. The van der Waals surface area contributed by atoms with E-state index < -0.39 is 19.6 Å². The van der Waals surface area contributed by atoms with Gasteiger partial charge in [0, 0.05) is 16.5 Å². The van der Waals surface area contributed by atoms with Crippen LogP contribution in [-0.4, -0.2) is 28.7 Å². The zero-order chi connectivity index (χ0) is 30.8. The Hall–Kier alpha value is -5.11. The number of rotatable bonds is 5. The number of hydrogen-bond acceptors (Lipinski definition) is 5. The van der Waals surface area contributed by atoms with Gasteiger partial charge in [0.25, 0.3) is 5.56 Å². The van der Waals surface area contributed by atoms with Crippen molar-refractivity contribution in [2.45, 2.75) is 32.1 Å². The molecular formula is C38H30N2O4Si. The average Bonchev–Trinajstić information content (AvgIpc) is 3.46. The van der Waals surface area contributed by atoms with Crippen LogP contribution in [0.4, 0.5) is 0 Å². The van der Waals surface area contributed by atoms with E-state index in [4.69, 9.17) is 9.72 Å². The van der Waals surface area contributed by atoms with E-state index >= 15 is 0 Å². The molecule has 0 aliphatic carbocycles. The minimum Gasteiger partial charge on any atom is -0.458 e. The molecule has 6 aromatic rings. The lowest BCUT2D eigenvalue weighted by Crippen LogP contribution is -2.75. The third-order valence-corrected chi connectivity index (χ3v) is 14.5. The van der Waals surface area contributed by atoms with Gasteiger partial charge in [0.2, 0.25) is 0 Å². The number of para-hydroxylation sites is 1. The number of aromatic nitrogens is 2. The topological polar surface area (TPSA) is 81.4 Å². The first-order chi connectivity index (χ1) is 22.0. The van der Waals surface area contributed by atoms with Crippen LogP contribution in [0.5, 0.6) is 0 Å². The minimum atomic E-state index is -3.04. The summed E-state index contributed by atoms with van der Waals surface area (Å²) in [6.07, 6.45) is 0.0943. The number of carbonyl (C=O) groups is 1. The van der Waals surface area contributed by atoms with Crippen LogP contribution < -0.4 is 26.3 Å². The van der Waals surface area contributed by atoms with Crippen LogP contribution >= 0.6 is 0 Å². The summed E-state index contributed by atoms with van der Waals surface area (Å²) < 4.78 is 7.08. The second kappa shape index (κ2) is 10.2. The van der Waals surface area contributed by atoms with Crippen LogP contribution in [0.2, 0.25) is 0 Å². The fourth-order valence-corrected chi connectivity index (χ4v) is 12.7. The molecule has 1 N–H and O–H groups in total. The van der Waals surface area contributed by atoms with Crippen molar-refractivity contribution in [2.75, 3.05) is 0 Å². The number of hydrogen-bond donors (Lipinski definition) is 1. The summed E-state index contributed by atoms with van der Waals surface area (Å²) >= 11 is 0. The first-order valence-corrected chi connectivity index (χ1v) is 17.2. The van der Waals surface area contributed by atoms with Crippen LogP contribution in [0.25, 0.3) is 22.3 Å². The Morgan fingerprint density at radius 1 is 0.800 bits per heavy atom. The van der Waals surface area contributed by atoms with E-state index in [0.29, 0.717) is 29.1 Å². The molecule has 6 nitrogen and oxygen atoms in total. The van der Waals surface area contributed by atoms with Gasteiger partial charge in [0.15, 0.2) is 13.7 Å². The summed E-state index contributed by atoms with van der Waals surface area (Å²) in [7, 11) is -3.04. The number of ether oxygens (including phenoxy) is 1. The van der Waals surface area contributed by atoms with Gasteiger partial charge in [-0.3, -0.25) is 4.79 Å². The van der Waals surface area contributed by atoms with Crippen LogP contribution in [0.3, 0.4) is 0 Å². The molecule has 0 spiro atoms. The molecule has 2 aromatic heterocycles. The highest BCUT2D eigenvalue weighted by atomic mass is 28.3. The Morgan fingerprint density at radius 2 is 1.36 bits per heavy atom. The van der Waals surface area contributed by atoms with Crippen molar-refractivity contribution in [3.63, 3.8) is 0 Å². The predicted molar refractivity (Wildman–Crippen MR) is 178 cm³/mol. The van der Waals surface area contributed by atoms with Gasteiger partial charge in [-0.2, -0.15) is 0 Å². The molecule has 2 aliphatic heterocycles. The number of esters is 1. The van der Waals surface area contributed by atoms with Crippen LogP contribution in [0, 0.1) is 0 Å². The molecular weight excluding hydrogens is 577 g/mol. The number of benzene rings is 4. The first-order valence-electron chi connectivity index (χ1n) is 15.2. The summed E-state index contributed by atoms with van der Waals surface area (Å²) in [5.74, 6) is -0.726. The summed E-state index contributed by atoms with van der Waals surface area (Å²) in [6.45, 7) is 1.88. The Labute approximate surface area is 261 Å². The lowest BCUT2D eigenvalue weighted by Gasteiger charge is -2.36. The summed E-state index contributed by atoms with van der Waals surface area (Å²) in [6, 6.07) is 42.1. The van der Waals surface area contributed by atoms with E-state index in [9.17, 15) is 14.7 Å². The van der Waals surface area contributed by atoms with Crippen molar-refractivity contribution in [3.8, 4) is 11.4 Å². The smallest absolute Gasteiger partial charge is 0.343 e. The molecule has 0 radical (unpaired) electrons. The van der Waals surface area contributed by atoms with Gasteiger partial charge in [-0.25, -0.2) is 9.78 Å². The van der Waals surface area contributed by atoms with E-state index in [1.54, 1.807) is 17.6 Å². The molecule has 0 fully saturated rings. The van der Waals surface area contributed by atoms with Gasteiger partial charge >= 0.3 is 5.97 Å². The normalized spacial score (nSPS) is 17.0. The third kappa shape index (κ3) is 3.81. The van der Waals surface area contributed by atoms with Crippen molar-refractivity contribution >= 4 is 45.7 Å². The monoisotopic (exact) mass is 606 g/mol. The molecule has 2 aliphatic rings. The second-order valence-corrected chi connectivity index (χ2v) is 15.5. The lowest BCUT2D eigenvalue weighted by molar-refractivity contribution is -0.172. The fraction of sp³-hybridized carbons (Fsp3) is 0.132. The molecule has 0 saturated carbocycles. The van der Waals surface area contributed by atoms with E-state index in [1.165, 1.54) is 20.7 Å². The number of cyclic esters (lactones) is 1. The summed E-state index contributed by atoms with van der Waals surface area (Å²) in [4.78, 5) is 32.2. The second-order valence-electron chi connectivity index (χ2n) is 11.8. The van der Waals surface area contributed by atoms with Crippen molar-refractivity contribution < 1.29 is 14.6 Å². The van der Waals surface area contributed by atoms with Crippen LogP contribution in [0.1, 0.15) is 30.0 Å². The number of nitrogens with zero attached hydrogens (tertiary/aromatic N) is 2. The molecule has 4 heterocycles. The van der Waals surface area contributed by atoms with Gasteiger partial charge in [-0.05, 0) is 39.3 Å². The average molecular weight is 607 g/mol. The Bertz CT molecular complexity index is 2090. The van der Waals surface area contributed by atoms with E-state index in [2.05, 4.69) is 84.9 Å². The zero-order valence-corrected chi connectivity index (χ0v) is 25.7. The number of carbonyl (C=O) groups excluding carboxylic acids is 1. The zero-order valence-electron chi connectivity index (χ0n) is 24.7. The molecule has 1 atom stereocenters. The van der Waals surface area contributed by atoms with Gasteiger partial charge in [-0.1, -0.05) is 116 Å². The SMILES string of the molecule is CC[C@]1(O)C(=O)OCc2c1cc1n(c2=O)Cc2c-1nc1ccccc1c2[Si](c1ccccc1)(c1ccccc1)c1ccccc1. The third-order valence-electron chi connectivity index (χ3n) is 9.59. The molecule has 0 saturated heterocycles. The quantitative estimate of drug-likeness (QED) is 0.185. The highest BCUT2D eigenvalue weighted by molar-refractivity contribution is 7.21. The first kappa shape index (κ1) is 27.4. The molecule has 0 unspecified atom stereocenters. The molecule has 7 heteroatoms. The Morgan fingerprint density at radius 3 is 1.93 bits per heavy atom. The highest BCUT2D eigenvalue weighted by Crippen LogP contribution is 2.39. The van der Waals surface area contributed by atoms with Crippen LogP contribution in [0.15, 0.2) is 126 Å². The molecule has 0 bridgehead atoms. The number of aliphatic hydroxyl groups is 1. The van der Waals surface area contributed by atoms with Gasteiger partial charge in [0.05, 0.1) is 29.0 Å².